The number of ether oxygens (including phenoxy) is 2. The molecule has 6 heteroatoms. The highest BCUT2D eigenvalue weighted by atomic mass is 16.5. The Morgan fingerprint density at radius 1 is 1.16 bits per heavy atom. The zero-order valence-electron chi connectivity index (χ0n) is 14.9. The molecular formula is C19H26N2O4. The maximum absolute atomic E-state index is 12.5. The standard InChI is InChI=1S/C19H26N2O4/c1-24-15-9-7-14(8-10-15)20-18(22)12-21-16-6-4-3-5-13(16)11-17(21)19(23)25-2/h7-10,13,16-17H,3-6,11-12H2,1-2H3,(H,20,22)/t13-,16+,17+/m1/s1. The van der Waals surface area contributed by atoms with Crippen LogP contribution in [0.1, 0.15) is 32.1 Å². The van der Waals surface area contributed by atoms with E-state index >= 15 is 0 Å². The number of methoxy groups -OCH3 is 2. The van der Waals surface area contributed by atoms with Crippen LogP contribution in [0.5, 0.6) is 5.75 Å². The number of benzene rings is 1. The molecule has 2 fully saturated rings. The molecule has 3 atom stereocenters. The molecular weight excluding hydrogens is 320 g/mol. The number of rotatable bonds is 5. The van der Waals surface area contributed by atoms with Gasteiger partial charge in [0.25, 0.3) is 0 Å². The van der Waals surface area contributed by atoms with E-state index < -0.39 is 0 Å². The molecule has 0 aromatic heterocycles. The van der Waals surface area contributed by atoms with E-state index in [2.05, 4.69) is 10.2 Å². The fourth-order valence-electron chi connectivity index (χ4n) is 4.19. The zero-order chi connectivity index (χ0) is 17.8. The summed E-state index contributed by atoms with van der Waals surface area (Å²) < 4.78 is 10.1. The number of hydrogen-bond donors (Lipinski definition) is 1. The molecule has 1 saturated carbocycles. The molecule has 1 aliphatic heterocycles. The molecule has 0 radical (unpaired) electrons. The monoisotopic (exact) mass is 346 g/mol. The van der Waals surface area contributed by atoms with Crippen LogP contribution < -0.4 is 10.1 Å². The first-order valence-electron chi connectivity index (χ1n) is 8.90. The summed E-state index contributed by atoms with van der Waals surface area (Å²) in [7, 11) is 3.02. The van der Waals surface area contributed by atoms with Crippen molar-refractivity contribution >= 4 is 17.6 Å². The van der Waals surface area contributed by atoms with E-state index in [1.807, 2.05) is 12.1 Å². The number of nitrogens with zero attached hydrogens (tertiary/aromatic N) is 1. The molecule has 0 spiro atoms. The Morgan fingerprint density at radius 3 is 2.56 bits per heavy atom. The highest BCUT2D eigenvalue weighted by molar-refractivity contribution is 5.92. The molecule has 136 valence electrons. The average Bonchev–Trinajstić information content (AvgIpc) is 3.00. The van der Waals surface area contributed by atoms with Gasteiger partial charge in [0.15, 0.2) is 0 Å². The van der Waals surface area contributed by atoms with Gasteiger partial charge in [-0.15, -0.1) is 0 Å². The lowest BCUT2D eigenvalue weighted by Crippen LogP contribution is -2.46. The number of carbonyl (C=O) groups excluding carboxylic acids is 2. The summed E-state index contributed by atoms with van der Waals surface area (Å²) in [5, 5.41) is 2.90. The second kappa shape index (κ2) is 7.87. The smallest absolute Gasteiger partial charge is 0.323 e. The van der Waals surface area contributed by atoms with Crippen molar-refractivity contribution in [2.24, 2.45) is 5.92 Å². The van der Waals surface area contributed by atoms with Gasteiger partial charge in [-0.3, -0.25) is 14.5 Å². The molecule has 1 aromatic carbocycles. The van der Waals surface area contributed by atoms with E-state index in [0.29, 0.717) is 12.0 Å². The van der Waals surface area contributed by atoms with Crippen LogP contribution >= 0.6 is 0 Å². The fourth-order valence-corrected chi connectivity index (χ4v) is 4.19. The van der Waals surface area contributed by atoms with Crippen molar-refractivity contribution in [2.45, 2.75) is 44.2 Å². The molecule has 0 unspecified atom stereocenters. The average molecular weight is 346 g/mol. The third-order valence-electron chi connectivity index (χ3n) is 5.39. The summed E-state index contributed by atoms with van der Waals surface area (Å²) in [5.74, 6) is 0.900. The van der Waals surface area contributed by atoms with E-state index in [0.717, 1.165) is 37.1 Å². The van der Waals surface area contributed by atoms with E-state index in [9.17, 15) is 9.59 Å². The molecule has 1 aliphatic carbocycles. The van der Waals surface area contributed by atoms with Crippen molar-refractivity contribution < 1.29 is 19.1 Å². The SMILES string of the molecule is COC(=O)[C@@H]1C[C@H]2CCCC[C@@H]2N1CC(=O)Nc1ccc(OC)cc1. The Bertz CT molecular complexity index is 616. The minimum atomic E-state index is -0.306. The van der Waals surface area contributed by atoms with Gasteiger partial charge < -0.3 is 14.8 Å². The van der Waals surface area contributed by atoms with Crippen LogP contribution in [0.2, 0.25) is 0 Å². The molecule has 1 aromatic rings. The highest BCUT2D eigenvalue weighted by Crippen LogP contribution is 2.39. The van der Waals surface area contributed by atoms with Crippen molar-refractivity contribution in [3.8, 4) is 5.75 Å². The quantitative estimate of drug-likeness (QED) is 0.830. The molecule has 1 saturated heterocycles. The van der Waals surface area contributed by atoms with Crippen molar-refractivity contribution in [3.63, 3.8) is 0 Å². The van der Waals surface area contributed by atoms with Gasteiger partial charge in [-0.1, -0.05) is 12.8 Å². The summed E-state index contributed by atoms with van der Waals surface area (Å²) in [6, 6.07) is 7.23. The maximum Gasteiger partial charge on any atom is 0.323 e. The number of amides is 1. The minimum absolute atomic E-state index is 0.106. The lowest BCUT2D eigenvalue weighted by atomic mass is 9.85. The van der Waals surface area contributed by atoms with Crippen LogP contribution in [-0.2, 0) is 14.3 Å². The summed E-state index contributed by atoms with van der Waals surface area (Å²) in [6.45, 7) is 0.215. The Balaban J connectivity index is 1.66. The van der Waals surface area contributed by atoms with E-state index in [4.69, 9.17) is 9.47 Å². The lowest BCUT2D eigenvalue weighted by Gasteiger charge is -2.32. The Morgan fingerprint density at radius 2 is 1.88 bits per heavy atom. The van der Waals surface area contributed by atoms with Crippen molar-refractivity contribution in [3.05, 3.63) is 24.3 Å². The number of esters is 1. The van der Waals surface area contributed by atoms with Crippen LogP contribution in [0.4, 0.5) is 5.69 Å². The molecule has 6 nitrogen and oxygen atoms in total. The summed E-state index contributed by atoms with van der Waals surface area (Å²) in [5.41, 5.74) is 0.722. The van der Waals surface area contributed by atoms with Gasteiger partial charge >= 0.3 is 5.97 Å². The summed E-state index contributed by atoms with van der Waals surface area (Å²) >= 11 is 0. The van der Waals surface area contributed by atoms with Gasteiger partial charge in [-0.25, -0.2) is 0 Å². The molecule has 0 bridgehead atoms. The number of fused-ring (bicyclic) bond motifs is 1. The molecule has 1 heterocycles. The van der Waals surface area contributed by atoms with Crippen LogP contribution in [0.15, 0.2) is 24.3 Å². The Labute approximate surface area is 148 Å². The number of likely N-dealkylation sites (tertiary alicyclic amines) is 1. The first kappa shape index (κ1) is 17.7. The zero-order valence-corrected chi connectivity index (χ0v) is 14.9. The number of hydrogen-bond acceptors (Lipinski definition) is 5. The van der Waals surface area contributed by atoms with Gasteiger partial charge in [0.2, 0.25) is 5.91 Å². The minimum Gasteiger partial charge on any atom is -0.497 e. The van der Waals surface area contributed by atoms with Crippen LogP contribution in [0.25, 0.3) is 0 Å². The first-order chi connectivity index (χ1) is 12.1. The van der Waals surface area contributed by atoms with Crippen molar-refractivity contribution in [2.75, 3.05) is 26.1 Å². The van der Waals surface area contributed by atoms with Gasteiger partial charge in [-0.2, -0.15) is 0 Å². The van der Waals surface area contributed by atoms with Gasteiger partial charge in [0.1, 0.15) is 11.8 Å². The highest BCUT2D eigenvalue weighted by Gasteiger charge is 2.46. The van der Waals surface area contributed by atoms with Crippen LogP contribution in [0, 0.1) is 5.92 Å². The third-order valence-corrected chi connectivity index (χ3v) is 5.39. The maximum atomic E-state index is 12.5. The second-order valence-corrected chi connectivity index (χ2v) is 6.84. The van der Waals surface area contributed by atoms with Crippen molar-refractivity contribution in [1.29, 1.82) is 0 Å². The normalized spacial score (nSPS) is 25.9. The molecule has 3 rings (SSSR count). The predicted octanol–water partition coefficient (Wildman–Crippen LogP) is 2.44. The number of anilines is 1. The van der Waals surface area contributed by atoms with E-state index in [1.165, 1.54) is 13.5 Å². The second-order valence-electron chi connectivity index (χ2n) is 6.84. The molecule has 2 aliphatic rings. The Hall–Kier alpha value is -2.08. The largest absolute Gasteiger partial charge is 0.497 e. The molecule has 1 amide bonds. The van der Waals surface area contributed by atoms with Crippen molar-refractivity contribution in [1.82, 2.24) is 4.90 Å². The fraction of sp³-hybridized carbons (Fsp3) is 0.579. The Kier molecular flexibility index (Phi) is 5.58. The number of nitrogens with one attached hydrogen (secondary N) is 1. The number of carbonyl (C=O) groups is 2. The van der Waals surface area contributed by atoms with E-state index in [1.54, 1.807) is 19.2 Å². The summed E-state index contributed by atoms with van der Waals surface area (Å²) in [6.07, 6.45) is 5.35. The predicted molar refractivity (Wildman–Crippen MR) is 94.5 cm³/mol. The topological polar surface area (TPSA) is 67.9 Å². The van der Waals surface area contributed by atoms with Gasteiger partial charge in [0.05, 0.1) is 20.8 Å². The van der Waals surface area contributed by atoms with E-state index in [-0.39, 0.29) is 24.5 Å². The first-order valence-corrected chi connectivity index (χ1v) is 8.90. The van der Waals surface area contributed by atoms with Crippen LogP contribution in [-0.4, -0.2) is 49.6 Å². The van der Waals surface area contributed by atoms with Gasteiger partial charge in [0, 0.05) is 11.7 Å². The lowest BCUT2D eigenvalue weighted by molar-refractivity contribution is -0.146. The third kappa shape index (κ3) is 3.95. The van der Waals surface area contributed by atoms with Gasteiger partial charge in [-0.05, 0) is 49.4 Å². The summed E-state index contributed by atoms with van der Waals surface area (Å²) in [4.78, 5) is 26.7. The molecule has 1 N–H and O–H groups in total. The molecule has 25 heavy (non-hydrogen) atoms. The van der Waals surface area contributed by atoms with Crippen LogP contribution in [0.3, 0.4) is 0 Å².